The predicted octanol–water partition coefficient (Wildman–Crippen LogP) is 0.806. The summed E-state index contributed by atoms with van der Waals surface area (Å²) in [7, 11) is 0. The van der Waals surface area contributed by atoms with Gasteiger partial charge in [-0.2, -0.15) is 0 Å². The molecule has 6 nitrogen and oxygen atoms in total. The summed E-state index contributed by atoms with van der Waals surface area (Å²) in [6.07, 6.45) is -0.443. The zero-order valence-corrected chi connectivity index (χ0v) is 11.7. The lowest BCUT2D eigenvalue weighted by Gasteiger charge is -2.23. The number of ether oxygens (including phenoxy) is 3. The predicted molar refractivity (Wildman–Crippen MR) is 75.9 cm³/mol. The summed E-state index contributed by atoms with van der Waals surface area (Å²) >= 11 is 0. The first-order valence-electron chi connectivity index (χ1n) is 6.36. The van der Waals surface area contributed by atoms with Crippen molar-refractivity contribution in [3.63, 3.8) is 0 Å². The molecule has 110 valence electrons. The monoisotopic (exact) mass is 300 g/mol. The van der Waals surface area contributed by atoms with Gasteiger partial charge in [-0.3, -0.25) is 4.79 Å². The Labute approximate surface area is 123 Å². The maximum Gasteiger partial charge on any atom is 0.254 e. The third-order valence-electron chi connectivity index (χ3n) is 3.03. The van der Waals surface area contributed by atoms with E-state index in [0.29, 0.717) is 43.6 Å². The minimum atomic E-state index is -0.443. The van der Waals surface area contributed by atoms with Gasteiger partial charge in [-0.1, -0.05) is 0 Å². The fourth-order valence-electron chi connectivity index (χ4n) is 2.08. The van der Waals surface area contributed by atoms with Crippen molar-refractivity contribution in [1.82, 2.24) is 5.32 Å². The number of benzene rings is 1. The van der Waals surface area contributed by atoms with Gasteiger partial charge >= 0.3 is 0 Å². The lowest BCUT2D eigenvalue weighted by molar-refractivity contribution is -0.128. The van der Waals surface area contributed by atoms with E-state index in [4.69, 9.17) is 14.2 Å². The Hall–Kier alpha value is -1.50. The van der Waals surface area contributed by atoms with Gasteiger partial charge in [-0.05, 0) is 12.1 Å². The van der Waals surface area contributed by atoms with E-state index in [9.17, 15) is 4.79 Å². The summed E-state index contributed by atoms with van der Waals surface area (Å²) in [4.78, 5) is 12.0. The maximum atomic E-state index is 12.0. The number of hydrogen-bond donors (Lipinski definition) is 2. The Morgan fingerprint density at radius 2 is 2.00 bits per heavy atom. The molecule has 1 amide bonds. The highest BCUT2D eigenvalue weighted by molar-refractivity contribution is 5.94. The van der Waals surface area contributed by atoms with Gasteiger partial charge in [-0.15, -0.1) is 12.4 Å². The first kappa shape index (κ1) is 14.9. The first-order chi connectivity index (χ1) is 9.33. The zero-order chi connectivity index (χ0) is 13.1. The van der Waals surface area contributed by atoms with E-state index < -0.39 is 6.10 Å². The van der Waals surface area contributed by atoms with E-state index in [2.05, 4.69) is 10.6 Å². The third-order valence-corrected chi connectivity index (χ3v) is 3.03. The quantitative estimate of drug-likeness (QED) is 0.846. The minimum Gasteiger partial charge on any atom is -0.486 e. The van der Waals surface area contributed by atoms with Crippen LogP contribution in [0.4, 0.5) is 5.69 Å². The van der Waals surface area contributed by atoms with Crippen LogP contribution in [0.25, 0.3) is 0 Å². The summed E-state index contributed by atoms with van der Waals surface area (Å²) in [5.41, 5.74) is 0.684. The number of rotatable bonds is 2. The van der Waals surface area contributed by atoms with Crippen molar-refractivity contribution in [2.45, 2.75) is 6.10 Å². The number of carbonyl (C=O) groups is 1. The fourth-order valence-corrected chi connectivity index (χ4v) is 2.08. The Bertz CT molecular complexity index is 477. The van der Waals surface area contributed by atoms with Crippen molar-refractivity contribution < 1.29 is 19.0 Å². The highest BCUT2D eigenvalue weighted by Crippen LogP contribution is 2.32. The minimum absolute atomic E-state index is 0. The van der Waals surface area contributed by atoms with E-state index in [1.54, 1.807) is 18.2 Å². The molecule has 7 heteroatoms. The molecular formula is C13H17ClN2O4. The molecular weight excluding hydrogens is 284 g/mol. The van der Waals surface area contributed by atoms with Gasteiger partial charge in [0.15, 0.2) is 11.5 Å². The van der Waals surface area contributed by atoms with Crippen molar-refractivity contribution >= 4 is 24.0 Å². The van der Waals surface area contributed by atoms with Crippen LogP contribution in [0.5, 0.6) is 11.5 Å². The van der Waals surface area contributed by atoms with E-state index >= 15 is 0 Å². The van der Waals surface area contributed by atoms with Crippen LogP contribution in [0.2, 0.25) is 0 Å². The molecule has 1 saturated heterocycles. The molecule has 0 spiro atoms. The topological polar surface area (TPSA) is 68.8 Å². The van der Waals surface area contributed by atoms with Crippen LogP contribution in [-0.2, 0) is 9.53 Å². The smallest absolute Gasteiger partial charge is 0.254 e. The van der Waals surface area contributed by atoms with Crippen LogP contribution in [0, 0.1) is 0 Å². The fraction of sp³-hybridized carbons (Fsp3) is 0.462. The maximum absolute atomic E-state index is 12.0. The molecule has 1 fully saturated rings. The summed E-state index contributed by atoms with van der Waals surface area (Å²) in [5, 5.41) is 5.94. The Kier molecular flexibility index (Phi) is 5.05. The summed E-state index contributed by atoms with van der Waals surface area (Å²) in [6, 6.07) is 5.36. The van der Waals surface area contributed by atoms with Crippen molar-refractivity contribution in [2.24, 2.45) is 0 Å². The second kappa shape index (κ2) is 6.78. The Morgan fingerprint density at radius 3 is 2.75 bits per heavy atom. The average molecular weight is 301 g/mol. The van der Waals surface area contributed by atoms with E-state index in [-0.39, 0.29) is 18.3 Å². The van der Waals surface area contributed by atoms with Gasteiger partial charge in [0.1, 0.15) is 19.3 Å². The first-order valence-corrected chi connectivity index (χ1v) is 6.36. The summed E-state index contributed by atoms with van der Waals surface area (Å²) < 4.78 is 16.3. The number of amides is 1. The largest absolute Gasteiger partial charge is 0.486 e. The summed E-state index contributed by atoms with van der Waals surface area (Å²) in [5.74, 6) is 1.22. The second-order valence-electron chi connectivity index (χ2n) is 4.41. The molecule has 1 aromatic rings. The SMILES string of the molecule is Cl.O=C(Nc1ccc2c(c1)OCCO2)C1CNCCO1. The third kappa shape index (κ3) is 3.33. The van der Waals surface area contributed by atoms with Crippen LogP contribution in [0.1, 0.15) is 0 Å². The Balaban J connectivity index is 0.00000147. The van der Waals surface area contributed by atoms with E-state index in [1.165, 1.54) is 0 Å². The van der Waals surface area contributed by atoms with Gasteiger partial charge in [0.05, 0.1) is 6.61 Å². The molecule has 1 aromatic carbocycles. The molecule has 0 saturated carbocycles. The molecule has 1 unspecified atom stereocenters. The van der Waals surface area contributed by atoms with Gasteiger partial charge in [0, 0.05) is 24.8 Å². The molecule has 3 rings (SSSR count). The molecule has 20 heavy (non-hydrogen) atoms. The Morgan fingerprint density at radius 1 is 1.20 bits per heavy atom. The average Bonchev–Trinajstić information content (AvgIpc) is 2.48. The van der Waals surface area contributed by atoms with Gasteiger partial charge in [-0.25, -0.2) is 0 Å². The molecule has 0 radical (unpaired) electrons. The molecule has 1 atom stereocenters. The molecule has 0 aromatic heterocycles. The number of anilines is 1. The van der Waals surface area contributed by atoms with Gasteiger partial charge in [0.2, 0.25) is 0 Å². The number of nitrogens with one attached hydrogen (secondary N) is 2. The highest BCUT2D eigenvalue weighted by Gasteiger charge is 2.22. The number of carbonyl (C=O) groups excluding carboxylic acids is 1. The van der Waals surface area contributed by atoms with Gasteiger partial charge in [0.25, 0.3) is 5.91 Å². The van der Waals surface area contributed by atoms with Crippen molar-refractivity contribution in [3.8, 4) is 11.5 Å². The normalized spacial score (nSPS) is 20.7. The van der Waals surface area contributed by atoms with Gasteiger partial charge < -0.3 is 24.8 Å². The molecule has 2 N–H and O–H groups in total. The zero-order valence-electron chi connectivity index (χ0n) is 10.9. The highest BCUT2D eigenvalue weighted by atomic mass is 35.5. The molecule has 0 bridgehead atoms. The summed E-state index contributed by atoms with van der Waals surface area (Å²) in [6.45, 7) is 2.96. The van der Waals surface area contributed by atoms with Crippen molar-refractivity contribution in [3.05, 3.63) is 18.2 Å². The standard InChI is InChI=1S/C13H16N2O4.ClH/c16-13(12-8-14-3-4-17-12)15-9-1-2-10-11(7-9)19-6-5-18-10;/h1-2,7,12,14H,3-6,8H2,(H,15,16);1H. The number of halogens is 1. The molecule has 0 aliphatic carbocycles. The van der Waals surface area contributed by atoms with Crippen LogP contribution < -0.4 is 20.1 Å². The van der Waals surface area contributed by atoms with Crippen LogP contribution in [0.3, 0.4) is 0 Å². The molecule has 2 heterocycles. The lowest BCUT2D eigenvalue weighted by atomic mass is 10.2. The van der Waals surface area contributed by atoms with Crippen molar-refractivity contribution in [2.75, 3.05) is 38.2 Å². The second-order valence-corrected chi connectivity index (χ2v) is 4.41. The number of hydrogen-bond acceptors (Lipinski definition) is 5. The van der Waals surface area contributed by atoms with Crippen LogP contribution in [-0.4, -0.2) is 44.9 Å². The van der Waals surface area contributed by atoms with Crippen LogP contribution in [0.15, 0.2) is 18.2 Å². The molecule has 2 aliphatic rings. The van der Waals surface area contributed by atoms with E-state index in [1.807, 2.05) is 0 Å². The van der Waals surface area contributed by atoms with E-state index in [0.717, 1.165) is 6.54 Å². The number of fused-ring (bicyclic) bond motifs is 1. The van der Waals surface area contributed by atoms with Crippen molar-refractivity contribution in [1.29, 1.82) is 0 Å². The van der Waals surface area contributed by atoms with Crippen LogP contribution >= 0.6 is 12.4 Å². The molecule has 2 aliphatic heterocycles. The lowest BCUT2D eigenvalue weighted by Crippen LogP contribution is -2.45. The number of morpholine rings is 1.